The molecule has 0 aliphatic carbocycles. The summed E-state index contributed by atoms with van der Waals surface area (Å²) in [5, 5.41) is 0. The summed E-state index contributed by atoms with van der Waals surface area (Å²) in [6.07, 6.45) is 1.19. The van der Waals surface area contributed by atoms with Crippen LogP contribution in [-0.4, -0.2) is 24.5 Å². The highest BCUT2D eigenvalue weighted by Gasteiger charge is 2.20. The van der Waals surface area contributed by atoms with E-state index in [-0.39, 0.29) is 5.41 Å². The van der Waals surface area contributed by atoms with Gasteiger partial charge in [-0.3, -0.25) is 4.90 Å². The first-order valence-electron chi connectivity index (χ1n) is 7.78. The lowest BCUT2D eigenvalue weighted by atomic mass is 9.92. The summed E-state index contributed by atoms with van der Waals surface area (Å²) >= 11 is 0. The molecule has 20 heavy (non-hydrogen) atoms. The predicted molar refractivity (Wildman–Crippen MR) is 89.1 cm³/mol. The van der Waals surface area contributed by atoms with E-state index in [1.807, 2.05) is 0 Å². The van der Waals surface area contributed by atoms with Crippen LogP contribution in [0.1, 0.15) is 49.4 Å². The van der Waals surface area contributed by atoms with Crippen LogP contribution < -0.4 is 5.73 Å². The van der Waals surface area contributed by atoms with Crippen molar-refractivity contribution >= 4 is 0 Å². The summed E-state index contributed by atoms with van der Waals surface area (Å²) in [7, 11) is 0. The van der Waals surface area contributed by atoms with Gasteiger partial charge in [-0.05, 0) is 68.0 Å². The first kappa shape index (κ1) is 17.2. The second kappa shape index (κ2) is 7.24. The van der Waals surface area contributed by atoms with E-state index in [0.717, 1.165) is 26.2 Å². The van der Waals surface area contributed by atoms with Gasteiger partial charge in [0.1, 0.15) is 0 Å². The quantitative estimate of drug-likeness (QED) is 0.820. The number of nitrogens with zero attached hydrogens (tertiary/aromatic N) is 1. The molecule has 0 atom stereocenters. The molecule has 0 bridgehead atoms. The van der Waals surface area contributed by atoms with E-state index in [1.54, 1.807) is 0 Å². The minimum Gasteiger partial charge on any atom is -0.330 e. The van der Waals surface area contributed by atoms with E-state index < -0.39 is 0 Å². The second-order valence-corrected chi connectivity index (χ2v) is 6.94. The maximum atomic E-state index is 5.89. The molecular formula is C18H32N2. The maximum Gasteiger partial charge on any atom is 0.0236 e. The summed E-state index contributed by atoms with van der Waals surface area (Å²) in [5.74, 6) is 0. The largest absolute Gasteiger partial charge is 0.330 e. The molecule has 0 aliphatic heterocycles. The lowest BCUT2D eigenvalue weighted by Crippen LogP contribution is -2.39. The molecular weight excluding hydrogens is 244 g/mol. The van der Waals surface area contributed by atoms with E-state index in [4.69, 9.17) is 5.73 Å². The molecule has 0 spiro atoms. The van der Waals surface area contributed by atoms with Gasteiger partial charge in [0, 0.05) is 13.1 Å². The van der Waals surface area contributed by atoms with Crippen molar-refractivity contribution in [1.82, 2.24) is 4.90 Å². The lowest BCUT2D eigenvalue weighted by molar-refractivity contribution is 0.175. The smallest absolute Gasteiger partial charge is 0.0236 e. The molecule has 1 rings (SSSR count). The highest BCUT2D eigenvalue weighted by molar-refractivity contribution is 5.36. The van der Waals surface area contributed by atoms with Crippen molar-refractivity contribution in [3.63, 3.8) is 0 Å². The fourth-order valence-corrected chi connectivity index (χ4v) is 2.63. The van der Waals surface area contributed by atoms with E-state index in [1.165, 1.54) is 28.7 Å². The minimum absolute atomic E-state index is 0.183. The second-order valence-electron chi connectivity index (χ2n) is 6.94. The molecule has 0 fully saturated rings. The lowest BCUT2D eigenvalue weighted by Gasteiger charge is -2.32. The highest BCUT2D eigenvalue weighted by atomic mass is 15.1. The first-order valence-corrected chi connectivity index (χ1v) is 7.78. The normalized spacial score (nSPS) is 12.2. The van der Waals surface area contributed by atoms with Crippen LogP contribution in [0.3, 0.4) is 0 Å². The minimum atomic E-state index is 0.183. The van der Waals surface area contributed by atoms with Gasteiger partial charge in [0.25, 0.3) is 0 Å². The third-order valence-corrected chi connectivity index (χ3v) is 4.09. The molecule has 0 heterocycles. The molecule has 0 radical (unpaired) electrons. The SMILES string of the molecule is CCCN(Cc1cc(C)c(C)cc1C)CC(C)(C)CN. The van der Waals surface area contributed by atoms with Crippen molar-refractivity contribution in [1.29, 1.82) is 0 Å². The molecule has 0 amide bonds. The Hall–Kier alpha value is -0.860. The standard InChI is InChI=1S/C18H32N2/c1-7-8-20(13-18(5,6)12-19)11-17-10-15(3)14(2)9-16(17)4/h9-10H,7-8,11-13,19H2,1-6H3. The molecule has 0 aromatic heterocycles. The summed E-state index contributed by atoms with van der Waals surface area (Å²) in [6.45, 7) is 17.3. The van der Waals surface area contributed by atoms with Crippen molar-refractivity contribution in [2.24, 2.45) is 11.1 Å². The van der Waals surface area contributed by atoms with Crippen molar-refractivity contribution in [2.75, 3.05) is 19.6 Å². The third-order valence-electron chi connectivity index (χ3n) is 4.09. The number of rotatable bonds is 7. The van der Waals surface area contributed by atoms with Gasteiger partial charge in [-0.25, -0.2) is 0 Å². The number of hydrogen-bond donors (Lipinski definition) is 1. The van der Waals surface area contributed by atoms with Crippen LogP contribution in [0.4, 0.5) is 0 Å². The molecule has 2 N–H and O–H groups in total. The van der Waals surface area contributed by atoms with Crippen LogP contribution in [0.25, 0.3) is 0 Å². The molecule has 1 aromatic carbocycles. The van der Waals surface area contributed by atoms with Gasteiger partial charge in [-0.2, -0.15) is 0 Å². The Morgan fingerprint density at radius 2 is 1.65 bits per heavy atom. The summed E-state index contributed by atoms with van der Waals surface area (Å²) < 4.78 is 0. The molecule has 2 heteroatoms. The Morgan fingerprint density at radius 3 is 2.20 bits per heavy atom. The highest BCUT2D eigenvalue weighted by Crippen LogP contribution is 2.21. The van der Waals surface area contributed by atoms with Gasteiger partial charge < -0.3 is 5.73 Å². The summed E-state index contributed by atoms with van der Waals surface area (Å²) in [6, 6.07) is 4.66. The van der Waals surface area contributed by atoms with Crippen molar-refractivity contribution in [2.45, 2.75) is 54.5 Å². The average molecular weight is 276 g/mol. The predicted octanol–water partition coefficient (Wildman–Crippen LogP) is 3.81. The van der Waals surface area contributed by atoms with Crippen molar-refractivity contribution in [3.05, 3.63) is 34.4 Å². The molecule has 0 saturated heterocycles. The van der Waals surface area contributed by atoms with Gasteiger partial charge in [-0.1, -0.05) is 32.9 Å². The Kier molecular flexibility index (Phi) is 6.22. The molecule has 0 aliphatic rings. The number of benzene rings is 1. The zero-order chi connectivity index (χ0) is 15.3. The third kappa shape index (κ3) is 4.92. The van der Waals surface area contributed by atoms with Crippen LogP contribution in [0, 0.1) is 26.2 Å². The molecule has 0 unspecified atom stereocenters. The van der Waals surface area contributed by atoms with Gasteiger partial charge in [0.2, 0.25) is 0 Å². The molecule has 2 nitrogen and oxygen atoms in total. The maximum absolute atomic E-state index is 5.89. The first-order chi connectivity index (χ1) is 9.29. The van der Waals surface area contributed by atoms with Gasteiger partial charge in [0.05, 0.1) is 0 Å². The monoisotopic (exact) mass is 276 g/mol. The van der Waals surface area contributed by atoms with E-state index >= 15 is 0 Å². The Balaban J connectivity index is 2.88. The number of aryl methyl sites for hydroxylation is 3. The van der Waals surface area contributed by atoms with Crippen LogP contribution >= 0.6 is 0 Å². The van der Waals surface area contributed by atoms with Crippen LogP contribution in [0.2, 0.25) is 0 Å². The summed E-state index contributed by atoms with van der Waals surface area (Å²) in [4.78, 5) is 2.55. The fraction of sp³-hybridized carbons (Fsp3) is 0.667. The topological polar surface area (TPSA) is 29.3 Å². The number of nitrogens with two attached hydrogens (primary N) is 1. The fourth-order valence-electron chi connectivity index (χ4n) is 2.63. The van der Waals surface area contributed by atoms with E-state index in [0.29, 0.717) is 0 Å². The zero-order valence-electron chi connectivity index (χ0n) is 14.2. The Labute approximate surface area is 125 Å². The summed E-state index contributed by atoms with van der Waals surface area (Å²) in [5.41, 5.74) is 11.7. The number of hydrogen-bond acceptors (Lipinski definition) is 2. The molecule has 0 saturated carbocycles. The van der Waals surface area contributed by atoms with Crippen molar-refractivity contribution < 1.29 is 0 Å². The van der Waals surface area contributed by atoms with Crippen LogP contribution in [0.5, 0.6) is 0 Å². The Morgan fingerprint density at radius 1 is 1.05 bits per heavy atom. The van der Waals surface area contributed by atoms with Crippen molar-refractivity contribution in [3.8, 4) is 0 Å². The molecule has 114 valence electrons. The van der Waals surface area contributed by atoms with Gasteiger partial charge in [0.15, 0.2) is 0 Å². The Bertz CT molecular complexity index is 435. The zero-order valence-corrected chi connectivity index (χ0v) is 14.2. The van der Waals surface area contributed by atoms with Crippen LogP contribution in [0.15, 0.2) is 12.1 Å². The molecule has 1 aromatic rings. The average Bonchev–Trinajstić information content (AvgIpc) is 2.36. The van der Waals surface area contributed by atoms with Crippen LogP contribution in [-0.2, 0) is 6.54 Å². The van der Waals surface area contributed by atoms with E-state index in [9.17, 15) is 0 Å². The van der Waals surface area contributed by atoms with Gasteiger partial charge >= 0.3 is 0 Å². The van der Waals surface area contributed by atoms with Gasteiger partial charge in [-0.15, -0.1) is 0 Å². The van der Waals surface area contributed by atoms with E-state index in [2.05, 4.69) is 58.6 Å².